The molecule has 1 saturated heterocycles. The molecule has 1 fully saturated rings. The first kappa shape index (κ1) is 21.5. The standard InChI is InChI=1S/C24H34N2O3/c1-4-5-11-21(26-14-12-25-13-15-26)20-16-23(27-2)24(28-3)17-22(20)29-18-19-9-7-6-8-10-19/h6-10,16-17,21,25H,4-5,11-15,18H2,1-3H3/t21-/m0/s1. The number of hydrogen-bond donors (Lipinski definition) is 1. The van der Waals surface area contributed by atoms with Crippen LogP contribution in [0.4, 0.5) is 0 Å². The van der Waals surface area contributed by atoms with E-state index < -0.39 is 0 Å². The van der Waals surface area contributed by atoms with Crippen molar-refractivity contribution in [2.75, 3.05) is 40.4 Å². The molecule has 5 heteroatoms. The van der Waals surface area contributed by atoms with Crippen molar-refractivity contribution in [1.82, 2.24) is 10.2 Å². The summed E-state index contributed by atoms with van der Waals surface area (Å²) < 4.78 is 17.5. The van der Waals surface area contributed by atoms with Crippen LogP contribution in [0.15, 0.2) is 42.5 Å². The lowest BCUT2D eigenvalue weighted by molar-refractivity contribution is 0.158. The Morgan fingerprint density at radius 3 is 2.31 bits per heavy atom. The van der Waals surface area contributed by atoms with Gasteiger partial charge in [0, 0.05) is 43.9 Å². The van der Waals surface area contributed by atoms with Gasteiger partial charge in [-0.05, 0) is 18.1 Å². The van der Waals surface area contributed by atoms with Gasteiger partial charge < -0.3 is 19.5 Å². The van der Waals surface area contributed by atoms with Crippen LogP contribution in [-0.4, -0.2) is 45.3 Å². The van der Waals surface area contributed by atoms with E-state index in [1.165, 1.54) is 18.4 Å². The lowest BCUT2D eigenvalue weighted by atomic mass is 9.97. The van der Waals surface area contributed by atoms with E-state index in [0.717, 1.165) is 49.7 Å². The van der Waals surface area contributed by atoms with Gasteiger partial charge in [0.2, 0.25) is 0 Å². The van der Waals surface area contributed by atoms with Gasteiger partial charge in [0.05, 0.1) is 14.2 Å². The predicted molar refractivity (Wildman–Crippen MR) is 117 cm³/mol. The fourth-order valence-corrected chi connectivity index (χ4v) is 3.92. The maximum absolute atomic E-state index is 6.34. The van der Waals surface area contributed by atoms with E-state index >= 15 is 0 Å². The smallest absolute Gasteiger partial charge is 0.164 e. The summed E-state index contributed by atoms with van der Waals surface area (Å²) in [4.78, 5) is 2.57. The molecule has 2 aromatic rings. The summed E-state index contributed by atoms with van der Waals surface area (Å²) in [6.07, 6.45) is 3.46. The number of nitrogens with one attached hydrogen (secondary N) is 1. The van der Waals surface area contributed by atoms with Crippen molar-refractivity contribution in [3.8, 4) is 17.2 Å². The van der Waals surface area contributed by atoms with Crippen molar-refractivity contribution in [1.29, 1.82) is 0 Å². The van der Waals surface area contributed by atoms with Crippen LogP contribution in [0.25, 0.3) is 0 Å². The highest BCUT2D eigenvalue weighted by Crippen LogP contribution is 2.41. The minimum Gasteiger partial charge on any atom is -0.493 e. The van der Waals surface area contributed by atoms with Gasteiger partial charge in [-0.3, -0.25) is 4.90 Å². The molecular formula is C24H34N2O3. The highest BCUT2D eigenvalue weighted by atomic mass is 16.5. The molecule has 1 aliphatic rings. The molecule has 0 aromatic heterocycles. The van der Waals surface area contributed by atoms with Crippen molar-refractivity contribution < 1.29 is 14.2 Å². The van der Waals surface area contributed by atoms with E-state index in [1.54, 1.807) is 14.2 Å². The number of hydrogen-bond acceptors (Lipinski definition) is 5. The maximum Gasteiger partial charge on any atom is 0.164 e. The Hall–Kier alpha value is -2.24. The Morgan fingerprint density at radius 2 is 1.66 bits per heavy atom. The highest BCUT2D eigenvalue weighted by Gasteiger charge is 2.26. The zero-order chi connectivity index (χ0) is 20.5. The molecule has 3 rings (SSSR count). The number of benzene rings is 2. The Morgan fingerprint density at radius 1 is 0.966 bits per heavy atom. The summed E-state index contributed by atoms with van der Waals surface area (Å²) in [7, 11) is 3.36. The summed E-state index contributed by atoms with van der Waals surface area (Å²) in [6, 6.07) is 14.7. The van der Waals surface area contributed by atoms with Crippen LogP contribution in [0.2, 0.25) is 0 Å². The van der Waals surface area contributed by atoms with Gasteiger partial charge in [0.1, 0.15) is 12.4 Å². The van der Waals surface area contributed by atoms with Crippen LogP contribution in [0.5, 0.6) is 17.2 Å². The monoisotopic (exact) mass is 398 g/mol. The van der Waals surface area contributed by atoms with Crippen LogP contribution in [0.3, 0.4) is 0 Å². The van der Waals surface area contributed by atoms with Gasteiger partial charge in [0.25, 0.3) is 0 Å². The second-order valence-electron chi connectivity index (χ2n) is 7.46. The van der Waals surface area contributed by atoms with Gasteiger partial charge >= 0.3 is 0 Å². The molecule has 1 atom stereocenters. The van der Waals surface area contributed by atoms with Crippen molar-refractivity contribution in [2.24, 2.45) is 0 Å². The second-order valence-corrected chi connectivity index (χ2v) is 7.46. The Kier molecular flexibility index (Phi) is 8.20. The molecule has 1 N–H and O–H groups in total. The average Bonchev–Trinajstić information content (AvgIpc) is 2.79. The van der Waals surface area contributed by atoms with E-state index in [4.69, 9.17) is 14.2 Å². The van der Waals surface area contributed by atoms with E-state index in [-0.39, 0.29) is 0 Å². The Labute approximate surface area is 175 Å². The first-order chi connectivity index (χ1) is 14.3. The molecule has 0 aliphatic carbocycles. The number of methoxy groups -OCH3 is 2. The topological polar surface area (TPSA) is 43.0 Å². The first-order valence-corrected chi connectivity index (χ1v) is 10.6. The number of nitrogens with zero attached hydrogens (tertiary/aromatic N) is 1. The highest BCUT2D eigenvalue weighted by molar-refractivity contribution is 5.52. The van der Waals surface area contributed by atoms with Gasteiger partial charge in [0.15, 0.2) is 11.5 Å². The SMILES string of the molecule is CCCC[C@@H](c1cc(OC)c(OC)cc1OCc1ccccc1)N1CCNCC1. The number of piperazine rings is 1. The van der Waals surface area contributed by atoms with E-state index in [0.29, 0.717) is 18.4 Å². The molecule has 158 valence electrons. The van der Waals surface area contributed by atoms with Crippen molar-refractivity contribution in [3.05, 3.63) is 53.6 Å². The quantitative estimate of drug-likeness (QED) is 0.642. The second kappa shape index (κ2) is 11.1. The van der Waals surface area contributed by atoms with Crippen molar-refractivity contribution >= 4 is 0 Å². The Bertz CT molecular complexity index is 745. The van der Waals surface area contributed by atoms with Crippen molar-refractivity contribution in [3.63, 3.8) is 0 Å². The summed E-state index contributed by atoms with van der Waals surface area (Å²) in [5, 5.41) is 3.46. The minimum absolute atomic E-state index is 0.308. The number of rotatable bonds is 10. The van der Waals surface area contributed by atoms with Crippen LogP contribution in [0.1, 0.15) is 43.4 Å². The first-order valence-electron chi connectivity index (χ1n) is 10.6. The minimum atomic E-state index is 0.308. The molecule has 5 nitrogen and oxygen atoms in total. The van der Waals surface area contributed by atoms with Crippen LogP contribution < -0.4 is 19.5 Å². The molecular weight excluding hydrogens is 364 g/mol. The lowest BCUT2D eigenvalue weighted by Crippen LogP contribution is -2.45. The molecule has 0 saturated carbocycles. The molecule has 1 heterocycles. The molecule has 0 spiro atoms. The van der Waals surface area contributed by atoms with Crippen molar-refractivity contribution in [2.45, 2.75) is 38.8 Å². The predicted octanol–water partition coefficient (Wildman–Crippen LogP) is 4.42. The van der Waals surface area contributed by atoms with E-state index in [1.807, 2.05) is 24.3 Å². The summed E-state index contributed by atoms with van der Waals surface area (Å²) in [6.45, 7) is 6.91. The average molecular weight is 399 g/mol. The fourth-order valence-electron chi connectivity index (χ4n) is 3.92. The third-order valence-corrected chi connectivity index (χ3v) is 5.54. The van der Waals surface area contributed by atoms with Crippen LogP contribution in [-0.2, 0) is 6.61 Å². The molecule has 0 bridgehead atoms. The fraction of sp³-hybridized carbons (Fsp3) is 0.500. The van der Waals surface area contributed by atoms with Crippen LogP contribution >= 0.6 is 0 Å². The summed E-state index contributed by atoms with van der Waals surface area (Å²) >= 11 is 0. The zero-order valence-electron chi connectivity index (χ0n) is 17.9. The van der Waals surface area contributed by atoms with Crippen LogP contribution in [0, 0.1) is 0 Å². The largest absolute Gasteiger partial charge is 0.493 e. The third kappa shape index (κ3) is 5.64. The lowest BCUT2D eigenvalue weighted by Gasteiger charge is -2.36. The number of ether oxygens (including phenoxy) is 3. The summed E-state index contributed by atoms with van der Waals surface area (Å²) in [5.41, 5.74) is 2.34. The van der Waals surface area contributed by atoms with Gasteiger partial charge in [-0.1, -0.05) is 50.1 Å². The summed E-state index contributed by atoms with van der Waals surface area (Å²) in [5.74, 6) is 2.34. The Balaban J connectivity index is 1.95. The molecule has 0 amide bonds. The van der Waals surface area contributed by atoms with Gasteiger partial charge in [-0.2, -0.15) is 0 Å². The molecule has 2 aromatic carbocycles. The number of unbranched alkanes of at least 4 members (excludes halogenated alkanes) is 1. The van der Waals surface area contributed by atoms with Gasteiger partial charge in [-0.15, -0.1) is 0 Å². The molecule has 0 unspecified atom stereocenters. The van der Waals surface area contributed by atoms with E-state index in [9.17, 15) is 0 Å². The molecule has 1 aliphatic heterocycles. The zero-order valence-corrected chi connectivity index (χ0v) is 17.9. The third-order valence-electron chi connectivity index (χ3n) is 5.54. The maximum atomic E-state index is 6.34. The molecule has 29 heavy (non-hydrogen) atoms. The normalized spacial score (nSPS) is 15.7. The van der Waals surface area contributed by atoms with Gasteiger partial charge in [-0.25, -0.2) is 0 Å². The molecule has 0 radical (unpaired) electrons. The van der Waals surface area contributed by atoms with E-state index in [2.05, 4.69) is 35.3 Å².